The summed E-state index contributed by atoms with van der Waals surface area (Å²) in [5, 5.41) is 10.3. The normalized spacial score (nSPS) is 50.1. The summed E-state index contributed by atoms with van der Waals surface area (Å²) in [7, 11) is 0. The molecular formula is C22H32O4. The van der Waals surface area contributed by atoms with Crippen LogP contribution >= 0.6 is 0 Å². The molecule has 0 radical (unpaired) electrons. The van der Waals surface area contributed by atoms with Crippen LogP contribution in [0.3, 0.4) is 0 Å². The van der Waals surface area contributed by atoms with Crippen molar-refractivity contribution >= 4 is 12.3 Å². The number of hydrogen-bond acceptors (Lipinski definition) is 4. The third-order valence-electron chi connectivity index (χ3n) is 8.86. The Morgan fingerprint density at radius 3 is 2.73 bits per heavy atom. The topological polar surface area (TPSA) is 63.6 Å². The maximum atomic E-state index is 12.2. The van der Waals surface area contributed by atoms with E-state index in [0.29, 0.717) is 42.9 Å². The van der Waals surface area contributed by atoms with Crippen molar-refractivity contribution in [2.75, 3.05) is 0 Å². The second-order valence-electron chi connectivity index (χ2n) is 9.72. The van der Waals surface area contributed by atoms with Crippen molar-refractivity contribution in [2.45, 2.75) is 77.9 Å². The Morgan fingerprint density at radius 2 is 2.04 bits per heavy atom. The molecule has 4 nitrogen and oxygen atoms in total. The van der Waals surface area contributed by atoms with Crippen molar-refractivity contribution in [3.63, 3.8) is 0 Å². The summed E-state index contributed by atoms with van der Waals surface area (Å²) >= 11 is 0. The first-order valence-electron chi connectivity index (χ1n) is 10.3. The zero-order valence-corrected chi connectivity index (χ0v) is 16.2. The zero-order chi connectivity index (χ0) is 18.7. The molecule has 4 aliphatic carbocycles. The highest BCUT2D eigenvalue weighted by Crippen LogP contribution is 2.66. The Balaban J connectivity index is 1.70. The molecule has 3 saturated carbocycles. The number of aliphatic hydroxyl groups excluding tert-OH is 1. The summed E-state index contributed by atoms with van der Waals surface area (Å²) in [4.78, 5) is 23.4. The van der Waals surface area contributed by atoms with Crippen LogP contribution in [0.25, 0.3) is 0 Å². The van der Waals surface area contributed by atoms with Crippen LogP contribution in [-0.4, -0.2) is 29.6 Å². The number of rotatable bonds is 3. The van der Waals surface area contributed by atoms with E-state index in [9.17, 15) is 14.7 Å². The van der Waals surface area contributed by atoms with E-state index in [0.717, 1.165) is 32.1 Å². The van der Waals surface area contributed by atoms with Gasteiger partial charge >= 0.3 is 0 Å². The number of ketones is 1. The SMILES string of the molecule is CC(=O)[C@H]1CCC2C3CC=C4C[C@H](O)CC(OC=O)[C@]4(C)C3CC[C@@]21C. The van der Waals surface area contributed by atoms with Gasteiger partial charge in [0.05, 0.1) is 6.10 Å². The van der Waals surface area contributed by atoms with Crippen molar-refractivity contribution < 1.29 is 19.4 Å². The van der Waals surface area contributed by atoms with E-state index >= 15 is 0 Å². The molecule has 0 aromatic rings. The van der Waals surface area contributed by atoms with Crippen LogP contribution in [0.5, 0.6) is 0 Å². The van der Waals surface area contributed by atoms with Crippen molar-refractivity contribution in [3.8, 4) is 0 Å². The van der Waals surface area contributed by atoms with E-state index in [2.05, 4.69) is 19.9 Å². The highest BCUT2D eigenvalue weighted by molar-refractivity contribution is 5.79. The van der Waals surface area contributed by atoms with Gasteiger partial charge in [-0.1, -0.05) is 25.5 Å². The van der Waals surface area contributed by atoms with E-state index in [1.54, 1.807) is 6.92 Å². The summed E-state index contributed by atoms with van der Waals surface area (Å²) in [5.74, 6) is 2.17. The fraction of sp³-hybridized carbons (Fsp3) is 0.818. The van der Waals surface area contributed by atoms with Crippen molar-refractivity contribution in [1.82, 2.24) is 0 Å². The molecule has 0 aliphatic heterocycles. The predicted molar refractivity (Wildman–Crippen MR) is 98.2 cm³/mol. The zero-order valence-electron chi connectivity index (χ0n) is 16.2. The summed E-state index contributed by atoms with van der Waals surface area (Å²) in [5.41, 5.74) is 1.25. The fourth-order valence-electron chi connectivity index (χ4n) is 7.61. The molecule has 144 valence electrons. The summed E-state index contributed by atoms with van der Waals surface area (Å²) in [6, 6.07) is 0. The molecule has 8 atom stereocenters. The van der Waals surface area contributed by atoms with Crippen LogP contribution in [0, 0.1) is 34.5 Å². The largest absolute Gasteiger partial charge is 0.464 e. The van der Waals surface area contributed by atoms with Gasteiger partial charge in [-0.3, -0.25) is 9.59 Å². The third kappa shape index (κ3) is 2.37. The van der Waals surface area contributed by atoms with Gasteiger partial charge in [-0.15, -0.1) is 0 Å². The maximum Gasteiger partial charge on any atom is 0.293 e. The van der Waals surface area contributed by atoms with Gasteiger partial charge in [-0.05, 0) is 68.6 Å². The van der Waals surface area contributed by atoms with Gasteiger partial charge < -0.3 is 9.84 Å². The average molecular weight is 360 g/mol. The smallest absolute Gasteiger partial charge is 0.293 e. The van der Waals surface area contributed by atoms with Crippen LogP contribution in [0.1, 0.15) is 65.7 Å². The fourth-order valence-corrected chi connectivity index (χ4v) is 7.61. The summed E-state index contributed by atoms with van der Waals surface area (Å²) in [6.45, 7) is 6.93. The molecule has 4 rings (SSSR count). The molecule has 0 bridgehead atoms. The summed E-state index contributed by atoms with van der Waals surface area (Å²) < 4.78 is 5.54. The van der Waals surface area contributed by atoms with Gasteiger partial charge in [-0.2, -0.15) is 0 Å². The molecule has 26 heavy (non-hydrogen) atoms. The van der Waals surface area contributed by atoms with Gasteiger partial charge in [0, 0.05) is 17.8 Å². The van der Waals surface area contributed by atoms with E-state index in [1.807, 2.05) is 0 Å². The number of allylic oxidation sites excluding steroid dienone is 1. The molecule has 4 heteroatoms. The van der Waals surface area contributed by atoms with Crippen molar-refractivity contribution in [1.29, 1.82) is 0 Å². The van der Waals surface area contributed by atoms with Gasteiger partial charge in [0.15, 0.2) is 0 Å². The van der Waals surface area contributed by atoms with Crippen LogP contribution in [-0.2, 0) is 14.3 Å². The first-order chi connectivity index (χ1) is 12.3. The quantitative estimate of drug-likeness (QED) is 0.616. The predicted octanol–water partition coefficient (Wildman–Crippen LogP) is 3.67. The van der Waals surface area contributed by atoms with Gasteiger partial charge in [-0.25, -0.2) is 0 Å². The molecule has 0 aromatic carbocycles. The second kappa shape index (κ2) is 6.19. The van der Waals surface area contributed by atoms with Gasteiger partial charge in [0.2, 0.25) is 0 Å². The number of aliphatic hydroxyl groups is 1. The monoisotopic (exact) mass is 360 g/mol. The Kier molecular flexibility index (Phi) is 4.33. The lowest BCUT2D eigenvalue weighted by Crippen LogP contribution is -2.56. The van der Waals surface area contributed by atoms with Crippen molar-refractivity contribution in [3.05, 3.63) is 11.6 Å². The molecule has 0 heterocycles. The molecule has 0 aromatic heterocycles. The molecule has 0 spiro atoms. The lowest BCUT2D eigenvalue weighted by Gasteiger charge is -2.59. The molecule has 3 fully saturated rings. The Hall–Kier alpha value is -1.16. The third-order valence-corrected chi connectivity index (χ3v) is 8.86. The Labute approximate surface area is 156 Å². The van der Waals surface area contributed by atoms with E-state index in [-0.39, 0.29) is 22.9 Å². The standard InChI is InChI=1S/C22H32O4/c1-13(24)17-6-7-18-16-5-4-14-10-15(25)11-20(26-12-23)22(14,3)19(16)8-9-21(17,18)2/h4,12,15-20,25H,5-11H2,1-3H3/t15-,16?,17+,18?,19?,20?,21+,22-/m0/s1. The minimum atomic E-state index is -0.418. The number of hydrogen-bond donors (Lipinski definition) is 1. The minimum absolute atomic E-state index is 0.129. The summed E-state index contributed by atoms with van der Waals surface area (Å²) in [6.07, 6.45) is 8.30. The Bertz CT molecular complexity index is 640. The van der Waals surface area contributed by atoms with E-state index < -0.39 is 6.10 Å². The first-order valence-corrected chi connectivity index (χ1v) is 10.3. The van der Waals surface area contributed by atoms with Crippen LogP contribution < -0.4 is 0 Å². The van der Waals surface area contributed by atoms with Crippen LogP contribution in [0.4, 0.5) is 0 Å². The Morgan fingerprint density at radius 1 is 1.27 bits per heavy atom. The molecule has 0 amide bonds. The highest BCUT2D eigenvalue weighted by Gasteiger charge is 2.61. The average Bonchev–Trinajstić information content (AvgIpc) is 2.94. The van der Waals surface area contributed by atoms with Gasteiger partial charge in [0.25, 0.3) is 6.47 Å². The lowest BCUT2D eigenvalue weighted by atomic mass is 9.46. The highest BCUT2D eigenvalue weighted by atomic mass is 16.5. The number of ether oxygens (including phenoxy) is 1. The molecule has 0 saturated heterocycles. The molecule has 1 N–H and O–H groups in total. The number of carbonyl (C=O) groups excluding carboxylic acids is 2. The van der Waals surface area contributed by atoms with Crippen LogP contribution in [0.15, 0.2) is 11.6 Å². The minimum Gasteiger partial charge on any atom is -0.464 e. The maximum absolute atomic E-state index is 12.2. The van der Waals surface area contributed by atoms with E-state index in [1.165, 1.54) is 5.57 Å². The van der Waals surface area contributed by atoms with Gasteiger partial charge in [0.1, 0.15) is 11.9 Å². The molecular weight excluding hydrogens is 328 g/mol. The number of fused-ring (bicyclic) bond motifs is 5. The lowest BCUT2D eigenvalue weighted by molar-refractivity contribution is -0.155. The van der Waals surface area contributed by atoms with E-state index in [4.69, 9.17) is 4.74 Å². The van der Waals surface area contributed by atoms with Crippen LogP contribution in [0.2, 0.25) is 0 Å². The first kappa shape index (κ1) is 18.2. The second-order valence-corrected chi connectivity index (χ2v) is 9.72. The molecule has 4 unspecified atom stereocenters. The number of carbonyl (C=O) groups is 2. The number of Topliss-reactive ketones (excluding diaryl/α,β-unsaturated/α-hetero) is 1. The molecule has 4 aliphatic rings. The van der Waals surface area contributed by atoms with Crippen molar-refractivity contribution in [2.24, 2.45) is 34.5 Å².